The second-order valence-electron chi connectivity index (χ2n) is 7.64. The van der Waals surface area contributed by atoms with Crippen molar-refractivity contribution in [2.75, 3.05) is 19.6 Å². The lowest BCUT2D eigenvalue weighted by atomic mass is 10.0. The fourth-order valence-electron chi connectivity index (χ4n) is 4.40. The SMILES string of the molecule is CC(=O)N1CC[C@H](c2ncc3c(n2)CCN(C(=O)C2CCCC2)C3)C1. The van der Waals surface area contributed by atoms with Gasteiger partial charge in [0.15, 0.2) is 0 Å². The first-order chi connectivity index (χ1) is 12.1. The van der Waals surface area contributed by atoms with Crippen molar-refractivity contribution in [1.82, 2.24) is 19.8 Å². The third-order valence-corrected chi connectivity index (χ3v) is 5.97. The Hall–Kier alpha value is -1.98. The van der Waals surface area contributed by atoms with Crippen molar-refractivity contribution in [1.29, 1.82) is 0 Å². The van der Waals surface area contributed by atoms with Gasteiger partial charge in [0.05, 0.1) is 5.69 Å². The monoisotopic (exact) mass is 342 g/mol. The van der Waals surface area contributed by atoms with Gasteiger partial charge in [-0.1, -0.05) is 12.8 Å². The Kier molecular flexibility index (Phi) is 4.44. The molecule has 0 unspecified atom stereocenters. The summed E-state index contributed by atoms with van der Waals surface area (Å²) in [5.41, 5.74) is 2.17. The summed E-state index contributed by atoms with van der Waals surface area (Å²) in [7, 11) is 0. The van der Waals surface area contributed by atoms with E-state index in [-0.39, 0.29) is 17.7 Å². The summed E-state index contributed by atoms with van der Waals surface area (Å²) < 4.78 is 0. The highest BCUT2D eigenvalue weighted by atomic mass is 16.2. The standard InChI is InChI=1S/C19H26N4O2/c1-13(24)22-8-6-15(11-22)18-20-10-16-12-23(9-7-17(16)21-18)19(25)14-4-2-3-5-14/h10,14-15H,2-9,11-12H2,1H3/t15-/m0/s1. The summed E-state index contributed by atoms with van der Waals surface area (Å²) in [6.07, 6.45) is 8.12. The Morgan fingerprint density at radius 1 is 1.12 bits per heavy atom. The molecule has 1 atom stereocenters. The van der Waals surface area contributed by atoms with Gasteiger partial charge in [0.1, 0.15) is 5.82 Å². The van der Waals surface area contributed by atoms with Crippen LogP contribution in [0, 0.1) is 5.92 Å². The first-order valence-corrected chi connectivity index (χ1v) is 9.51. The zero-order valence-electron chi connectivity index (χ0n) is 14.9. The second-order valence-corrected chi connectivity index (χ2v) is 7.64. The second kappa shape index (κ2) is 6.73. The number of fused-ring (bicyclic) bond motifs is 1. The number of hydrogen-bond acceptors (Lipinski definition) is 4. The van der Waals surface area contributed by atoms with Crippen molar-refractivity contribution >= 4 is 11.8 Å². The smallest absolute Gasteiger partial charge is 0.225 e. The van der Waals surface area contributed by atoms with Crippen molar-refractivity contribution in [3.8, 4) is 0 Å². The van der Waals surface area contributed by atoms with E-state index in [4.69, 9.17) is 4.98 Å². The Labute approximate surface area is 148 Å². The van der Waals surface area contributed by atoms with E-state index in [9.17, 15) is 9.59 Å². The molecule has 0 radical (unpaired) electrons. The summed E-state index contributed by atoms with van der Waals surface area (Å²) in [6.45, 7) is 4.55. The summed E-state index contributed by atoms with van der Waals surface area (Å²) in [4.78, 5) is 37.4. The Balaban J connectivity index is 1.44. The van der Waals surface area contributed by atoms with E-state index in [0.717, 1.165) is 62.4 Å². The van der Waals surface area contributed by atoms with E-state index in [2.05, 4.69) is 4.98 Å². The quantitative estimate of drug-likeness (QED) is 0.823. The van der Waals surface area contributed by atoms with Crippen molar-refractivity contribution in [2.45, 2.75) is 57.9 Å². The van der Waals surface area contributed by atoms with Crippen LogP contribution in [-0.2, 0) is 22.6 Å². The third-order valence-electron chi connectivity index (χ3n) is 5.97. The Morgan fingerprint density at radius 3 is 2.64 bits per heavy atom. The number of nitrogens with zero attached hydrogens (tertiary/aromatic N) is 4. The summed E-state index contributed by atoms with van der Waals surface area (Å²) in [5, 5.41) is 0. The first-order valence-electron chi connectivity index (χ1n) is 9.51. The molecular formula is C19H26N4O2. The van der Waals surface area contributed by atoms with Crippen molar-refractivity contribution < 1.29 is 9.59 Å². The number of hydrogen-bond donors (Lipinski definition) is 0. The fourth-order valence-corrected chi connectivity index (χ4v) is 4.40. The molecule has 2 aliphatic heterocycles. The molecule has 0 aromatic carbocycles. The average molecular weight is 342 g/mol. The molecule has 2 amide bonds. The van der Waals surface area contributed by atoms with Gasteiger partial charge in [0.25, 0.3) is 0 Å². The van der Waals surface area contributed by atoms with Crippen molar-refractivity contribution in [3.05, 3.63) is 23.3 Å². The molecule has 6 nitrogen and oxygen atoms in total. The molecule has 2 fully saturated rings. The normalized spacial score (nSPS) is 23.8. The number of rotatable bonds is 2. The summed E-state index contributed by atoms with van der Waals surface area (Å²) in [5.74, 6) is 1.78. The summed E-state index contributed by atoms with van der Waals surface area (Å²) in [6, 6.07) is 0. The molecule has 1 aromatic heterocycles. The Bertz CT molecular complexity index is 684. The highest BCUT2D eigenvalue weighted by Gasteiger charge is 2.31. The van der Waals surface area contributed by atoms with Crippen LogP contribution in [0.25, 0.3) is 0 Å². The maximum atomic E-state index is 12.6. The molecular weight excluding hydrogens is 316 g/mol. The van der Waals surface area contributed by atoms with E-state index >= 15 is 0 Å². The van der Waals surface area contributed by atoms with Gasteiger partial charge < -0.3 is 9.80 Å². The Morgan fingerprint density at radius 2 is 1.92 bits per heavy atom. The van der Waals surface area contributed by atoms with Crippen LogP contribution in [0.5, 0.6) is 0 Å². The highest BCUT2D eigenvalue weighted by Crippen LogP contribution is 2.30. The van der Waals surface area contributed by atoms with E-state index in [1.807, 2.05) is 16.0 Å². The number of aromatic nitrogens is 2. The molecule has 1 aliphatic carbocycles. The zero-order valence-corrected chi connectivity index (χ0v) is 14.9. The number of carbonyl (C=O) groups is 2. The van der Waals surface area contributed by atoms with Gasteiger partial charge >= 0.3 is 0 Å². The number of amides is 2. The van der Waals surface area contributed by atoms with Gasteiger partial charge in [-0.2, -0.15) is 0 Å². The molecule has 0 spiro atoms. The maximum absolute atomic E-state index is 12.6. The van der Waals surface area contributed by atoms with Gasteiger partial charge in [0, 0.05) is 63.1 Å². The molecule has 3 heterocycles. The first kappa shape index (κ1) is 16.5. The van der Waals surface area contributed by atoms with Crippen LogP contribution in [0.4, 0.5) is 0 Å². The van der Waals surface area contributed by atoms with E-state index in [1.54, 1.807) is 6.92 Å². The van der Waals surface area contributed by atoms with Gasteiger partial charge in [-0.25, -0.2) is 9.97 Å². The molecule has 1 aromatic rings. The molecule has 1 saturated carbocycles. The lowest BCUT2D eigenvalue weighted by Crippen LogP contribution is -2.39. The summed E-state index contributed by atoms with van der Waals surface area (Å²) >= 11 is 0. The molecule has 0 N–H and O–H groups in total. The average Bonchev–Trinajstić information content (AvgIpc) is 3.32. The van der Waals surface area contributed by atoms with Gasteiger partial charge in [0.2, 0.25) is 11.8 Å². The predicted molar refractivity (Wildman–Crippen MR) is 92.7 cm³/mol. The van der Waals surface area contributed by atoms with Crippen LogP contribution in [-0.4, -0.2) is 51.2 Å². The van der Waals surface area contributed by atoms with Crippen LogP contribution in [0.3, 0.4) is 0 Å². The molecule has 134 valence electrons. The minimum atomic E-state index is 0.126. The third kappa shape index (κ3) is 3.26. The van der Waals surface area contributed by atoms with Crippen LogP contribution >= 0.6 is 0 Å². The lowest BCUT2D eigenvalue weighted by Gasteiger charge is -2.30. The van der Waals surface area contributed by atoms with Crippen LogP contribution < -0.4 is 0 Å². The molecule has 3 aliphatic rings. The molecule has 1 saturated heterocycles. The number of likely N-dealkylation sites (tertiary alicyclic amines) is 1. The highest BCUT2D eigenvalue weighted by molar-refractivity contribution is 5.79. The minimum Gasteiger partial charge on any atom is -0.342 e. The fraction of sp³-hybridized carbons (Fsp3) is 0.684. The minimum absolute atomic E-state index is 0.126. The van der Waals surface area contributed by atoms with Crippen LogP contribution in [0.1, 0.15) is 62.0 Å². The van der Waals surface area contributed by atoms with Gasteiger partial charge in [-0.3, -0.25) is 9.59 Å². The lowest BCUT2D eigenvalue weighted by molar-refractivity contribution is -0.136. The molecule has 4 rings (SSSR count). The molecule has 25 heavy (non-hydrogen) atoms. The van der Waals surface area contributed by atoms with E-state index in [0.29, 0.717) is 12.5 Å². The van der Waals surface area contributed by atoms with Gasteiger partial charge in [-0.15, -0.1) is 0 Å². The van der Waals surface area contributed by atoms with Gasteiger partial charge in [-0.05, 0) is 19.3 Å². The van der Waals surface area contributed by atoms with E-state index < -0.39 is 0 Å². The molecule has 0 bridgehead atoms. The topological polar surface area (TPSA) is 66.4 Å². The number of carbonyl (C=O) groups excluding carboxylic acids is 2. The maximum Gasteiger partial charge on any atom is 0.225 e. The van der Waals surface area contributed by atoms with Crippen molar-refractivity contribution in [2.24, 2.45) is 5.92 Å². The van der Waals surface area contributed by atoms with Crippen LogP contribution in [0.2, 0.25) is 0 Å². The van der Waals surface area contributed by atoms with Crippen molar-refractivity contribution in [3.63, 3.8) is 0 Å². The molecule has 6 heteroatoms. The zero-order chi connectivity index (χ0) is 17.4. The predicted octanol–water partition coefficient (Wildman–Crippen LogP) is 1.89. The largest absolute Gasteiger partial charge is 0.342 e. The van der Waals surface area contributed by atoms with E-state index in [1.165, 1.54) is 12.8 Å². The van der Waals surface area contributed by atoms with Crippen LogP contribution in [0.15, 0.2) is 6.20 Å².